The van der Waals surface area contributed by atoms with Crippen molar-refractivity contribution in [2.24, 2.45) is 0 Å². The van der Waals surface area contributed by atoms with Crippen LogP contribution in [0.3, 0.4) is 0 Å². The van der Waals surface area contributed by atoms with Crippen LogP contribution < -0.4 is 5.32 Å². The predicted molar refractivity (Wildman–Crippen MR) is 88.3 cm³/mol. The molecule has 0 unspecified atom stereocenters. The zero-order chi connectivity index (χ0) is 18.6. The van der Waals surface area contributed by atoms with Crippen molar-refractivity contribution in [3.05, 3.63) is 83.9 Å². The normalized spacial score (nSPS) is 12.6. The smallest absolute Gasteiger partial charge is 0.337 e. The highest BCUT2D eigenvalue weighted by atomic mass is 19.4. The van der Waals surface area contributed by atoms with E-state index in [9.17, 15) is 18.0 Å². The Labute approximate surface area is 147 Å². The van der Waals surface area contributed by atoms with Crippen molar-refractivity contribution in [1.29, 1.82) is 0 Å². The number of pyridine rings is 1. The molecule has 1 atom stereocenters. The zero-order valence-corrected chi connectivity index (χ0v) is 13.5. The molecule has 0 aliphatic heterocycles. The minimum absolute atomic E-state index is 0.124. The highest BCUT2D eigenvalue weighted by Gasteiger charge is 2.42. The van der Waals surface area contributed by atoms with Crippen LogP contribution in [0.15, 0.2) is 67.3 Å². The number of carbonyl (C=O) groups excluding carboxylic acids is 1. The van der Waals surface area contributed by atoms with E-state index < -0.39 is 18.1 Å². The summed E-state index contributed by atoms with van der Waals surface area (Å²) >= 11 is 0. The third kappa shape index (κ3) is 4.27. The molecule has 0 aliphatic rings. The number of hydrogen-bond donors (Lipinski definition) is 1. The maximum atomic E-state index is 13.4. The molecule has 1 N–H and O–H groups in total. The van der Waals surface area contributed by atoms with Gasteiger partial charge in [0, 0.05) is 35.9 Å². The number of nitrogens with zero attached hydrogens (tertiary/aromatic N) is 3. The number of halogens is 3. The van der Waals surface area contributed by atoms with Gasteiger partial charge in [0.2, 0.25) is 0 Å². The monoisotopic (exact) mass is 360 g/mol. The van der Waals surface area contributed by atoms with Crippen LogP contribution in [-0.2, 0) is 6.54 Å². The molecule has 0 fully saturated rings. The first-order valence-corrected chi connectivity index (χ1v) is 7.77. The largest absolute Gasteiger partial charge is 0.412 e. The molecular formula is C18H15F3N4O. The molecule has 1 amide bonds. The lowest BCUT2D eigenvalue weighted by atomic mass is 10.1. The summed E-state index contributed by atoms with van der Waals surface area (Å²) in [6, 6.07) is 8.73. The minimum Gasteiger partial charge on any atom is -0.337 e. The van der Waals surface area contributed by atoms with Gasteiger partial charge in [0.05, 0.1) is 6.54 Å². The van der Waals surface area contributed by atoms with Crippen molar-refractivity contribution in [2.45, 2.75) is 18.8 Å². The van der Waals surface area contributed by atoms with E-state index in [2.05, 4.69) is 10.1 Å². The fraction of sp³-hybridized carbons (Fsp3) is 0.167. The third-order valence-corrected chi connectivity index (χ3v) is 3.71. The van der Waals surface area contributed by atoms with Gasteiger partial charge in [-0.25, -0.2) is 0 Å². The van der Waals surface area contributed by atoms with Gasteiger partial charge in [0.1, 0.15) is 0 Å². The molecule has 0 bridgehead atoms. The van der Waals surface area contributed by atoms with Gasteiger partial charge < -0.3 is 5.32 Å². The van der Waals surface area contributed by atoms with Gasteiger partial charge in [-0.3, -0.25) is 14.5 Å². The summed E-state index contributed by atoms with van der Waals surface area (Å²) in [4.78, 5) is 16.1. The summed E-state index contributed by atoms with van der Waals surface area (Å²) in [5, 5.41) is 6.12. The molecule has 2 heterocycles. The fourth-order valence-electron chi connectivity index (χ4n) is 2.51. The molecule has 8 heteroatoms. The summed E-state index contributed by atoms with van der Waals surface area (Å²) in [5.74, 6) is -0.807. The maximum absolute atomic E-state index is 13.4. The third-order valence-electron chi connectivity index (χ3n) is 3.71. The van der Waals surface area contributed by atoms with Crippen molar-refractivity contribution in [1.82, 2.24) is 20.1 Å². The first-order chi connectivity index (χ1) is 12.4. The van der Waals surface area contributed by atoms with Gasteiger partial charge in [0.25, 0.3) is 5.91 Å². The Morgan fingerprint density at radius 3 is 2.65 bits per heavy atom. The summed E-state index contributed by atoms with van der Waals surface area (Å²) in [5.41, 5.74) is 0.778. The molecule has 134 valence electrons. The Morgan fingerprint density at radius 2 is 2.00 bits per heavy atom. The van der Waals surface area contributed by atoms with Gasteiger partial charge in [-0.2, -0.15) is 18.3 Å². The van der Waals surface area contributed by atoms with Crippen molar-refractivity contribution in [3.63, 3.8) is 0 Å². The molecule has 0 saturated heterocycles. The standard InChI is InChI=1S/C18H15F3N4O/c19-18(20,21)16(15-6-2-7-22-11-15)24-17(26)14-5-1-4-13(10-14)12-25-9-3-8-23-25/h1-11,16H,12H2,(H,24,26)/t16-/m1/s1. The molecule has 1 aromatic carbocycles. The van der Waals surface area contributed by atoms with Crippen molar-refractivity contribution in [2.75, 3.05) is 0 Å². The van der Waals surface area contributed by atoms with E-state index >= 15 is 0 Å². The lowest BCUT2D eigenvalue weighted by molar-refractivity contribution is -0.155. The Kier molecular flexibility index (Phi) is 5.01. The van der Waals surface area contributed by atoms with Crippen LogP contribution in [0.4, 0.5) is 13.2 Å². The highest BCUT2D eigenvalue weighted by Crippen LogP contribution is 2.32. The van der Waals surface area contributed by atoms with E-state index in [0.29, 0.717) is 6.54 Å². The maximum Gasteiger partial charge on any atom is 0.412 e. The first kappa shape index (κ1) is 17.7. The lowest BCUT2D eigenvalue weighted by Crippen LogP contribution is -2.38. The second-order valence-electron chi connectivity index (χ2n) is 5.64. The Hall–Kier alpha value is -3.16. The van der Waals surface area contributed by atoms with E-state index in [0.717, 1.165) is 11.8 Å². The van der Waals surface area contributed by atoms with Gasteiger partial charge in [-0.1, -0.05) is 18.2 Å². The molecule has 2 aromatic heterocycles. The molecule has 0 aliphatic carbocycles. The summed E-state index contributed by atoms with van der Waals surface area (Å²) < 4.78 is 41.7. The number of carbonyl (C=O) groups is 1. The number of amides is 1. The number of alkyl halides is 3. The quantitative estimate of drug-likeness (QED) is 0.759. The van der Waals surface area contributed by atoms with Crippen LogP contribution in [0.5, 0.6) is 0 Å². The Bertz CT molecular complexity index is 864. The van der Waals surface area contributed by atoms with Crippen LogP contribution in [0.25, 0.3) is 0 Å². The summed E-state index contributed by atoms with van der Waals surface area (Å²) in [7, 11) is 0. The van der Waals surface area contributed by atoms with E-state index in [-0.39, 0.29) is 11.1 Å². The van der Waals surface area contributed by atoms with E-state index in [1.807, 2.05) is 5.32 Å². The topological polar surface area (TPSA) is 59.8 Å². The molecule has 5 nitrogen and oxygen atoms in total. The highest BCUT2D eigenvalue weighted by molar-refractivity contribution is 5.94. The average Bonchev–Trinajstić information content (AvgIpc) is 3.12. The van der Waals surface area contributed by atoms with Crippen molar-refractivity contribution in [3.8, 4) is 0 Å². The van der Waals surface area contributed by atoms with Gasteiger partial charge in [-0.05, 0) is 29.8 Å². The minimum atomic E-state index is -4.63. The fourth-order valence-corrected chi connectivity index (χ4v) is 2.51. The molecule has 0 saturated carbocycles. The van der Waals surface area contributed by atoms with Crippen LogP contribution >= 0.6 is 0 Å². The molecule has 26 heavy (non-hydrogen) atoms. The van der Waals surface area contributed by atoms with Crippen LogP contribution in [-0.4, -0.2) is 26.8 Å². The van der Waals surface area contributed by atoms with E-state index in [1.54, 1.807) is 41.3 Å². The zero-order valence-electron chi connectivity index (χ0n) is 13.5. The molecule has 0 radical (unpaired) electrons. The number of benzene rings is 1. The molecule has 0 spiro atoms. The van der Waals surface area contributed by atoms with Gasteiger partial charge in [0.15, 0.2) is 6.04 Å². The van der Waals surface area contributed by atoms with Gasteiger partial charge in [-0.15, -0.1) is 0 Å². The molecule has 3 aromatic rings. The van der Waals surface area contributed by atoms with E-state index in [4.69, 9.17) is 0 Å². The number of nitrogens with one attached hydrogen (secondary N) is 1. The molecule has 3 rings (SSSR count). The van der Waals surface area contributed by atoms with Gasteiger partial charge >= 0.3 is 6.18 Å². The van der Waals surface area contributed by atoms with E-state index in [1.165, 1.54) is 24.4 Å². The summed E-state index contributed by atoms with van der Waals surface area (Å²) in [6.45, 7) is 0.416. The second-order valence-corrected chi connectivity index (χ2v) is 5.64. The van der Waals surface area contributed by atoms with Crippen molar-refractivity contribution < 1.29 is 18.0 Å². The predicted octanol–water partition coefficient (Wildman–Crippen LogP) is 3.36. The van der Waals surface area contributed by atoms with Crippen LogP contribution in [0.1, 0.15) is 27.5 Å². The SMILES string of the molecule is O=C(N[C@H](c1cccnc1)C(F)(F)F)c1cccc(Cn2cccn2)c1. The number of rotatable bonds is 5. The first-order valence-electron chi connectivity index (χ1n) is 7.77. The van der Waals surface area contributed by atoms with Crippen molar-refractivity contribution >= 4 is 5.91 Å². The average molecular weight is 360 g/mol. The number of hydrogen-bond acceptors (Lipinski definition) is 3. The van der Waals surface area contributed by atoms with Crippen LogP contribution in [0.2, 0.25) is 0 Å². The Morgan fingerprint density at radius 1 is 1.15 bits per heavy atom. The summed E-state index contributed by atoms with van der Waals surface area (Å²) in [6.07, 6.45) is 1.21. The molecular weight excluding hydrogens is 345 g/mol. The Balaban J connectivity index is 1.79. The lowest BCUT2D eigenvalue weighted by Gasteiger charge is -2.21. The second kappa shape index (κ2) is 7.38. The van der Waals surface area contributed by atoms with Crippen LogP contribution in [0, 0.1) is 0 Å². The number of aromatic nitrogens is 3.